The van der Waals surface area contributed by atoms with E-state index in [-0.39, 0.29) is 17.7 Å². The zero-order valence-electron chi connectivity index (χ0n) is 14.2. The largest absolute Gasteiger partial charge is 0.433 e. The van der Waals surface area contributed by atoms with E-state index >= 15 is 0 Å². The number of alkyl halides is 2. The van der Waals surface area contributed by atoms with Gasteiger partial charge < -0.3 is 20.7 Å². The molecular weight excluding hydrogens is 328 g/mol. The highest BCUT2D eigenvalue weighted by Crippen LogP contribution is 2.32. The minimum Gasteiger partial charge on any atom is -0.433 e. The number of ether oxygens (including phenoxy) is 1. The number of carbonyl (C=O) groups is 1. The van der Waals surface area contributed by atoms with Crippen LogP contribution in [0.25, 0.3) is 0 Å². The maximum atomic E-state index is 12.6. The maximum absolute atomic E-state index is 12.6. The number of benzene rings is 1. The van der Waals surface area contributed by atoms with E-state index in [1.165, 1.54) is 6.07 Å². The molecule has 3 rings (SSSR count). The summed E-state index contributed by atoms with van der Waals surface area (Å²) in [5, 5.41) is 3.05. The first-order valence-electron chi connectivity index (χ1n) is 8.86. The van der Waals surface area contributed by atoms with Gasteiger partial charge >= 0.3 is 6.61 Å². The normalized spacial score (nSPS) is 22.9. The third-order valence-electron chi connectivity index (χ3n) is 5.14. The topological polar surface area (TPSA) is 67.6 Å². The molecule has 1 aliphatic carbocycles. The third kappa shape index (κ3) is 4.21. The molecule has 3 N–H and O–H groups in total. The summed E-state index contributed by atoms with van der Waals surface area (Å²) in [7, 11) is 0. The summed E-state index contributed by atoms with van der Waals surface area (Å²) in [6.07, 6.45) is 5.30. The molecule has 0 radical (unpaired) electrons. The van der Waals surface area contributed by atoms with E-state index in [0.29, 0.717) is 18.8 Å². The minimum absolute atomic E-state index is 0.0329. The molecular formula is C18H25F2N3O2. The van der Waals surface area contributed by atoms with Crippen LogP contribution in [0.1, 0.15) is 38.5 Å². The summed E-state index contributed by atoms with van der Waals surface area (Å²) in [6, 6.07) is 6.71. The number of para-hydroxylation sites is 2. The highest BCUT2D eigenvalue weighted by atomic mass is 19.3. The van der Waals surface area contributed by atoms with E-state index in [9.17, 15) is 13.6 Å². The maximum Gasteiger partial charge on any atom is 0.387 e. The van der Waals surface area contributed by atoms with Gasteiger partial charge in [0.25, 0.3) is 0 Å². The molecule has 7 heteroatoms. The molecule has 2 aliphatic rings. The first-order chi connectivity index (χ1) is 12.0. The molecule has 1 amide bonds. The van der Waals surface area contributed by atoms with Crippen LogP contribution in [0.3, 0.4) is 0 Å². The van der Waals surface area contributed by atoms with Crippen LogP contribution in [-0.4, -0.2) is 37.2 Å². The SMILES string of the molecule is NC1(C(=O)NC2CCN(c3ccccc3OC(F)F)C2)CCCCC1. The second-order valence-corrected chi connectivity index (χ2v) is 6.97. The van der Waals surface area contributed by atoms with Crippen molar-refractivity contribution in [1.29, 1.82) is 0 Å². The summed E-state index contributed by atoms with van der Waals surface area (Å²) < 4.78 is 29.7. The average molecular weight is 353 g/mol. The molecule has 2 fully saturated rings. The smallest absolute Gasteiger partial charge is 0.387 e. The number of hydrogen-bond acceptors (Lipinski definition) is 4. The molecule has 1 atom stereocenters. The van der Waals surface area contributed by atoms with Crippen LogP contribution in [0.2, 0.25) is 0 Å². The molecule has 5 nitrogen and oxygen atoms in total. The molecule has 0 bridgehead atoms. The van der Waals surface area contributed by atoms with Crippen molar-refractivity contribution in [3.63, 3.8) is 0 Å². The third-order valence-corrected chi connectivity index (χ3v) is 5.14. The van der Waals surface area contributed by atoms with Crippen molar-refractivity contribution in [3.8, 4) is 5.75 Å². The van der Waals surface area contributed by atoms with E-state index in [1.807, 2.05) is 4.90 Å². The van der Waals surface area contributed by atoms with E-state index in [4.69, 9.17) is 5.73 Å². The molecule has 1 unspecified atom stereocenters. The first kappa shape index (κ1) is 17.9. The second-order valence-electron chi connectivity index (χ2n) is 6.97. The van der Waals surface area contributed by atoms with Gasteiger partial charge in [0.2, 0.25) is 5.91 Å². The molecule has 0 spiro atoms. The lowest BCUT2D eigenvalue weighted by Gasteiger charge is -2.33. The standard InChI is InChI=1S/C18H25F2N3O2/c19-17(20)25-15-7-3-2-6-14(15)23-11-8-13(12-23)22-16(24)18(21)9-4-1-5-10-18/h2-3,6-7,13,17H,1,4-5,8-12,21H2,(H,22,24). The Bertz CT molecular complexity index is 606. The molecule has 1 saturated carbocycles. The molecule has 1 aromatic rings. The van der Waals surface area contributed by atoms with Crippen LogP contribution in [-0.2, 0) is 4.79 Å². The lowest BCUT2D eigenvalue weighted by molar-refractivity contribution is -0.128. The summed E-state index contributed by atoms with van der Waals surface area (Å²) in [4.78, 5) is 14.5. The molecule has 1 heterocycles. The van der Waals surface area contributed by atoms with Crippen molar-refractivity contribution < 1.29 is 18.3 Å². The molecule has 25 heavy (non-hydrogen) atoms. The zero-order valence-corrected chi connectivity index (χ0v) is 14.2. The number of carbonyl (C=O) groups excluding carboxylic acids is 1. The van der Waals surface area contributed by atoms with Gasteiger partial charge in [-0.05, 0) is 31.4 Å². The summed E-state index contributed by atoms with van der Waals surface area (Å²) >= 11 is 0. The van der Waals surface area contributed by atoms with E-state index in [2.05, 4.69) is 10.1 Å². The van der Waals surface area contributed by atoms with Crippen LogP contribution in [0, 0.1) is 0 Å². The molecule has 138 valence electrons. The van der Waals surface area contributed by atoms with Gasteiger partial charge in [-0.15, -0.1) is 0 Å². The Balaban J connectivity index is 1.61. The van der Waals surface area contributed by atoms with Crippen molar-refractivity contribution in [1.82, 2.24) is 5.32 Å². The fourth-order valence-corrected chi connectivity index (χ4v) is 3.75. The van der Waals surface area contributed by atoms with Crippen LogP contribution in [0.4, 0.5) is 14.5 Å². The minimum atomic E-state index is -2.86. The summed E-state index contributed by atoms with van der Waals surface area (Å²) in [5.41, 5.74) is 6.14. The van der Waals surface area contributed by atoms with Crippen LogP contribution in [0.5, 0.6) is 5.75 Å². The lowest BCUT2D eigenvalue weighted by Crippen LogP contribution is -2.57. The van der Waals surface area contributed by atoms with Crippen molar-refractivity contribution in [3.05, 3.63) is 24.3 Å². The van der Waals surface area contributed by atoms with E-state index < -0.39 is 12.2 Å². The molecule has 1 aliphatic heterocycles. The quantitative estimate of drug-likeness (QED) is 0.854. The van der Waals surface area contributed by atoms with Crippen molar-refractivity contribution in [2.45, 2.75) is 56.7 Å². The van der Waals surface area contributed by atoms with Gasteiger partial charge in [0.05, 0.1) is 11.2 Å². The number of rotatable bonds is 5. The molecule has 0 aromatic heterocycles. The van der Waals surface area contributed by atoms with E-state index in [0.717, 1.165) is 38.5 Å². The highest BCUT2D eigenvalue weighted by Gasteiger charge is 2.37. The Hall–Kier alpha value is -1.89. The monoisotopic (exact) mass is 353 g/mol. The number of nitrogens with one attached hydrogen (secondary N) is 1. The van der Waals surface area contributed by atoms with Crippen molar-refractivity contribution in [2.75, 3.05) is 18.0 Å². The number of amides is 1. The fourth-order valence-electron chi connectivity index (χ4n) is 3.75. The van der Waals surface area contributed by atoms with Gasteiger partial charge in [0.15, 0.2) is 0 Å². The van der Waals surface area contributed by atoms with Crippen LogP contribution < -0.4 is 20.7 Å². The number of nitrogens with two attached hydrogens (primary N) is 1. The number of halogens is 2. The van der Waals surface area contributed by atoms with Gasteiger partial charge in [-0.3, -0.25) is 4.79 Å². The first-order valence-corrected chi connectivity index (χ1v) is 8.86. The predicted octanol–water partition coefficient (Wildman–Crippen LogP) is 2.64. The van der Waals surface area contributed by atoms with Crippen LogP contribution in [0.15, 0.2) is 24.3 Å². The van der Waals surface area contributed by atoms with Gasteiger partial charge in [0, 0.05) is 19.1 Å². The molecule has 1 saturated heterocycles. The average Bonchev–Trinajstić information content (AvgIpc) is 3.04. The predicted molar refractivity (Wildman–Crippen MR) is 91.8 cm³/mol. The van der Waals surface area contributed by atoms with Gasteiger partial charge in [-0.2, -0.15) is 8.78 Å². The Morgan fingerprint density at radius 2 is 2.00 bits per heavy atom. The number of hydrogen-bond donors (Lipinski definition) is 2. The summed E-state index contributed by atoms with van der Waals surface area (Å²) in [6.45, 7) is -1.62. The van der Waals surface area contributed by atoms with Gasteiger partial charge in [-0.25, -0.2) is 0 Å². The van der Waals surface area contributed by atoms with Crippen LogP contribution >= 0.6 is 0 Å². The Morgan fingerprint density at radius 1 is 1.28 bits per heavy atom. The zero-order chi connectivity index (χ0) is 17.9. The second kappa shape index (κ2) is 7.56. The number of anilines is 1. The van der Waals surface area contributed by atoms with Gasteiger partial charge in [-0.1, -0.05) is 31.4 Å². The summed E-state index contributed by atoms with van der Waals surface area (Å²) in [5.74, 6) is 0.0724. The Morgan fingerprint density at radius 3 is 2.72 bits per heavy atom. The fraction of sp³-hybridized carbons (Fsp3) is 0.611. The number of nitrogens with zero attached hydrogens (tertiary/aromatic N) is 1. The Kier molecular flexibility index (Phi) is 5.42. The van der Waals surface area contributed by atoms with Crippen molar-refractivity contribution in [2.24, 2.45) is 5.73 Å². The van der Waals surface area contributed by atoms with E-state index in [1.54, 1.807) is 18.2 Å². The van der Waals surface area contributed by atoms with Gasteiger partial charge in [0.1, 0.15) is 5.75 Å². The van der Waals surface area contributed by atoms with Crippen molar-refractivity contribution >= 4 is 11.6 Å². The lowest BCUT2D eigenvalue weighted by atomic mass is 9.82. The highest BCUT2D eigenvalue weighted by molar-refractivity contribution is 5.86. The molecule has 1 aromatic carbocycles. The Labute approximate surface area is 146 Å².